The molecule has 13 heavy (non-hydrogen) atoms. The number of hydrogen-bond acceptors (Lipinski definition) is 3. The lowest BCUT2D eigenvalue weighted by Gasteiger charge is -2.29. The third kappa shape index (κ3) is 1.87. The third-order valence-electron chi connectivity index (χ3n) is 3.29. The molecule has 0 aromatic heterocycles. The molecule has 2 fully saturated rings. The lowest BCUT2D eigenvalue weighted by molar-refractivity contribution is 0.315. The highest BCUT2D eigenvalue weighted by Gasteiger charge is 2.38. The highest BCUT2D eigenvalue weighted by Crippen LogP contribution is 2.33. The minimum atomic E-state index is -3.80. The SMILES string of the molecule is O=S(=O)(O)[C@@H]1CC[C@H]2CCN[C@H]2C1. The molecule has 1 aliphatic carbocycles. The molecule has 2 N–H and O–H groups in total. The van der Waals surface area contributed by atoms with Gasteiger partial charge in [-0.15, -0.1) is 0 Å². The van der Waals surface area contributed by atoms with Crippen molar-refractivity contribution in [3.63, 3.8) is 0 Å². The Morgan fingerprint density at radius 2 is 2.00 bits per heavy atom. The summed E-state index contributed by atoms with van der Waals surface area (Å²) in [6, 6.07) is 0.320. The quantitative estimate of drug-likeness (QED) is 0.608. The molecule has 4 nitrogen and oxygen atoms in total. The molecule has 0 amide bonds. The maximum Gasteiger partial charge on any atom is 0.267 e. The molecule has 0 aromatic carbocycles. The van der Waals surface area contributed by atoms with E-state index in [2.05, 4.69) is 5.32 Å². The van der Waals surface area contributed by atoms with E-state index in [4.69, 9.17) is 4.55 Å². The van der Waals surface area contributed by atoms with E-state index in [9.17, 15) is 8.42 Å². The smallest absolute Gasteiger partial charge is 0.267 e. The van der Waals surface area contributed by atoms with Crippen molar-refractivity contribution in [1.82, 2.24) is 5.32 Å². The average Bonchev–Trinajstić information content (AvgIpc) is 2.47. The van der Waals surface area contributed by atoms with Crippen LogP contribution in [0, 0.1) is 5.92 Å². The van der Waals surface area contributed by atoms with Crippen LogP contribution in [0.3, 0.4) is 0 Å². The summed E-state index contributed by atoms with van der Waals surface area (Å²) in [6.45, 7) is 0.994. The van der Waals surface area contributed by atoms with Gasteiger partial charge in [-0.05, 0) is 38.1 Å². The fourth-order valence-corrected chi connectivity index (χ4v) is 3.40. The fourth-order valence-electron chi connectivity index (χ4n) is 2.51. The van der Waals surface area contributed by atoms with Crippen molar-refractivity contribution in [2.24, 2.45) is 5.92 Å². The molecular formula is C8H15NO3S. The predicted molar refractivity (Wildman–Crippen MR) is 49.1 cm³/mol. The Balaban J connectivity index is 2.05. The first-order chi connectivity index (χ1) is 6.07. The van der Waals surface area contributed by atoms with Crippen molar-refractivity contribution >= 4 is 10.1 Å². The maximum absolute atomic E-state index is 10.9. The molecule has 0 bridgehead atoms. The molecule has 1 saturated heterocycles. The Bertz CT molecular complexity index is 288. The van der Waals surface area contributed by atoms with Gasteiger partial charge in [-0.25, -0.2) is 0 Å². The first kappa shape index (κ1) is 9.43. The van der Waals surface area contributed by atoms with Crippen LogP contribution < -0.4 is 5.32 Å². The van der Waals surface area contributed by atoms with Gasteiger partial charge in [-0.3, -0.25) is 4.55 Å². The predicted octanol–water partition coefficient (Wildman–Crippen LogP) is 0.405. The molecular weight excluding hydrogens is 190 g/mol. The molecule has 2 rings (SSSR count). The monoisotopic (exact) mass is 205 g/mol. The summed E-state index contributed by atoms with van der Waals surface area (Å²) in [5.41, 5.74) is 0. The standard InChI is InChI=1S/C8H15NO3S/c10-13(11,12)7-2-1-6-3-4-9-8(6)5-7/h6-9H,1-5H2,(H,10,11,12)/t6-,7+,8-/m0/s1. The van der Waals surface area contributed by atoms with Gasteiger partial charge >= 0.3 is 0 Å². The van der Waals surface area contributed by atoms with Gasteiger partial charge in [0.1, 0.15) is 0 Å². The van der Waals surface area contributed by atoms with Crippen LogP contribution in [-0.2, 0) is 10.1 Å². The van der Waals surface area contributed by atoms with Crippen LogP contribution >= 0.6 is 0 Å². The van der Waals surface area contributed by atoms with Crippen molar-refractivity contribution in [2.45, 2.75) is 37.0 Å². The Morgan fingerprint density at radius 3 is 2.69 bits per heavy atom. The van der Waals surface area contributed by atoms with Gasteiger partial charge in [0.2, 0.25) is 0 Å². The van der Waals surface area contributed by atoms with Crippen molar-refractivity contribution in [1.29, 1.82) is 0 Å². The first-order valence-corrected chi connectivity index (χ1v) is 6.27. The number of nitrogens with one attached hydrogen (secondary N) is 1. The Kier molecular flexibility index (Phi) is 2.33. The lowest BCUT2D eigenvalue weighted by atomic mass is 9.85. The summed E-state index contributed by atoms with van der Waals surface area (Å²) >= 11 is 0. The third-order valence-corrected chi connectivity index (χ3v) is 4.56. The van der Waals surface area contributed by atoms with Gasteiger partial charge in [-0.1, -0.05) is 0 Å². The van der Waals surface area contributed by atoms with Crippen molar-refractivity contribution in [3.05, 3.63) is 0 Å². The Hall–Kier alpha value is -0.130. The molecule has 2 aliphatic rings. The van der Waals surface area contributed by atoms with E-state index in [1.165, 1.54) is 0 Å². The summed E-state index contributed by atoms with van der Waals surface area (Å²) in [4.78, 5) is 0. The molecule has 1 heterocycles. The molecule has 5 heteroatoms. The highest BCUT2D eigenvalue weighted by atomic mass is 32.2. The number of rotatable bonds is 1. The molecule has 3 atom stereocenters. The van der Waals surface area contributed by atoms with E-state index >= 15 is 0 Å². The minimum absolute atomic E-state index is 0.320. The van der Waals surface area contributed by atoms with Crippen LogP contribution in [0.2, 0.25) is 0 Å². The van der Waals surface area contributed by atoms with E-state index in [0.717, 1.165) is 19.4 Å². The molecule has 76 valence electrons. The van der Waals surface area contributed by atoms with Gasteiger partial charge in [-0.2, -0.15) is 8.42 Å². The fraction of sp³-hybridized carbons (Fsp3) is 1.00. The average molecular weight is 205 g/mol. The van der Waals surface area contributed by atoms with E-state index in [1.807, 2.05) is 0 Å². The van der Waals surface area contributed by atoms with E-state index in [-0.39, 0.29) is 0 Å². The molecule has 0 aromatic rings. The second-order valence-electron chi connectivity index (χ2n) is 4.06. The number of hydrogen-bond donors (Lipinski definition) is 2. The van der Waals surface area contributed by atoms with E-state index < -0.39 is 15.4 Å². The van der Waals surface area contributed by atoms with Crippen molar-refractivity contribution < 1.29 is 13.0 Å². The molecule has 0 unspecified atom stereocenters. The molecule has 1 saturated carbocycles. The summed E-state index contributed by atoms with van der Waals surface area (Å²) in [5.74, 6) is 0.637. The van der Waals surface area contributed by atoms with Crippen LogP contribution in [0.25, 0.3) is 0 Å². The zero-order valence-corrected chi connectivity index (χ0v) is 8.26. The highest BCUT2D eigenvalue weighted by molar-refractivity contribution is 7.86. The van der Waals surface area contributed by atoms with E-state index in [1.54, 1.807) is 0 Å². The first-order valence-electron chi connectivity index (χ1n) is 4.77. The van der Waals surface area contributed by atoms with Crippen LogP contribution in [0.5, 0.6) is 0 Å². The topological polar surface area (TPSA) is 66.4 Å². The Labute approximate surface area is 78.5 Å². The molecule has 0 radical (unpaired) electrons. The van der Waals surface area contributed by atoms with Crippen LogP contribution in [-0.4, -0.2) is 30.8 Å². The zero-order chi connectivity index (χ0) is 9.47. The summed E-state index contributed by atoms with van der Waals surface area (Å²) in [6.07, 6.45) is 3.30. The minimum Gasteiger partial charge on any atom is -0.314 e. The van der Waals surface area contributed by atoms with Crippen LogP contribution in [0.15, 0.2) is 0 Å². The van der Waals surface area contributed by atoms with E-state index in [0.29, 0.717) is 24.8 Å². The number of fused-ring (bicyclic) bond motifs is 1. The summed E-state index contributed by atoms with van der Waals surface area (Å²) < 4.78 is 30.7. The summed E-state index contributed by atoms with van der Waals surface area (Å²) in [5, 5.41) is 2.76. The lowest BCUT2D eigenvalue weighted by Crippen LogP contribution is -2.38. The maximum atomic E-state index is 10.9. The summed E-state index contributed by atoms with van der Waals surface area (Å²) in [7, 11) is -3.80. The van der Waals surface area contributed by atoms with Crippen molar-refractivity contribution in [2.75, 3.05) is 6.54 Å². The van der Waals surface area contributed by atoms with Crippen molar-refractivity contribution in [3.8, 4) is 0 Å². The van der Waals surface area contributed by atoms with Gasteiger partial charge in [0.25, 0.3) is 10.1 Å². The van der Waals surface area contributed by atoms with Crippen LogP contribution in [0.1, 0.15) is 25.7 Å². The molecule has 0 spiro atoms. The zero-order valence-electron chi connectivity index (χ0n) is 7.44. The second kappa shape index (κ2) is 3.22. The van der Waals surface area contributed by atoms with Gasteiger partial charge in [0.05, 0.1) is 5.25 Å². The molecule has 1 aliphatic heterocycles. The van der Waals surface area contributed by atoms with Gasteiger partial charge in [0.15, 0.2) is 0 Å². The largest absolute Gasteiger partial charge is 0.314 e. The van der Waals surface area contributed by atoms with Crippen LogP contribution in [0.4, 0.5) is 0 Å². The van der Waals surface area contributed by atoms with Gasteiger partial charge in [0, 0.05) is 6.04 Å². The second-order valence-corrected chi connectivity index (χ2v) is 5.76. The Morgan fingerprint density at radius 1 is 1.23 bits per heavy atom. The van der Waals surface area contributed by atoms with Gasteiger partial charge < -0.3 is 5.32 Å². The normalized spacial score (nSPS) is 40.2.